The van der Waals surface area contributed by atoms with Gasteiger partial charge in [0.15, 0.2) is 0 Å². The fourth-order valence-corrected chi connectivity index (χ4v) is 2.83. The van der Waals surface area contributed by atoms with Crippen LogP contribution in [0.1, 0.15) is 44.1 Å². The van der Waals surface area contributed by atoms with E-state index in [2.05, 4.69) is 17.4 Å². The summed E-state index contributed by atoms with van der Waals surface area (Å²) in [6.45, 7) is 0.805. The predicted octanol–water partition coefficient (Wildman–Crippen LogP) is 3.32. The maximum atomic E-state index is 11.8. The average Bonchev–Trinajstić information content (AvgIpc) is 3.01. The number of methoxy groups -OCH3 is 1. The predicted molar refractivity (Wildman–Crippen MR) is 80.9 cm³/mol. The van der Waals surface area contributed by atoms with Gasteiger partial charge in [-0.2, -0.15) is 0 Å². The smallest absolute Gasteiger partial charge is 0.223 e. The van der Waals surface area contributed by atoms with Crippen molar-refractivity contribution in [2.75, 3.05) is 13.7 Å². The van der Waals surface area contributed by atoms with Crippen molar-refractivity contribution in [1.82, 2.24) is 5.32 Å². The molecule has 0 aromatic heterocycles. The minimum Gasteiger partial charge on any atom is -0.497 e. The second-order valence-corrected chi connectivity index (χ2v) is 5.58. The van der Waals surface area contributed by atoms with Crippen molar-refractivity contribution in [3.8, 4) is 5.75 Å². The van der Waals surface area contributed by atoms with Gasteiger partial charge in [0.05, 0.1) is 7.11 Å². The molecule has 0 heterocycles. The van der Waals surface area contributed by atoms with Gasteiger partial charge in [-0.3, -0.25) is 4.79 Å². The molecule has 1 aromatic carbocycles. The maximum absolute atomic E-state index is 11.8. The quantitative estimate of drug-likeness (QED) is 0.775. The molecule has 2 rings (SSSR count). The van der Waals surface area contributed by atoms with E-state index >= 15 is 0 Å². The molecule has 1 aromatic rings. The monoisotopic (exact) mass is 275 g/mol. The number of hydrogen-bond acceptors (Lipinski definition) is 2. The third kappa shape index (κ3) is 4.55. The van der Waals surface area contributed by atoms with Crippen molar-refractivity contribution >= 4 is 5.91 Å². The van der Waals surface area contributed by atoms with Crippen LogP contribution in [0.5, 0.6) is 5.75 Å². The number of ether oxygens (including phenoxy) is 1. The Balaban J connectivity index is 1.60. The molecular weight excluding hydrogens is 250 g/mol. The fraction of sp³-hybridized carbons (Fsp3) is 0.588. The molecule has 0 unspecified atom stereocenters. The third-order valence-electron chi connectivity index (χ3n) is 4.05. The lowest BCUT2D eigenvalue weighted by Gasteiger charge is -2.10. The summed E-state index contributed by atoms with van der Waals surface area (Å²) in [6, 6.07) is 8.19. The molecule has 1 aliphatic rings. The molecule has 0 radical (unpaired) electrons. The summed E-state index contributed by atoms with van der Waals surface area (Å²) in [5, 5.41) is 3.07. The van der Waals surface area contributed by atoms with Gasteiger partial charge in [-0.1, -0.05) is 25.0 Å². The van der Waals surface area contributed by atoms with E-state index in [0.717, 1.165) is 44.4 Å². The zero-order chi connectivity index (χ0) is 14.2. The number of carbonyl (C=O) groups excluding carboxylic acids is 1. The third-order valence-corrected chi connectivity index (χ3v) is 4.05. The van der Waals surface area contributed by atoms with E-state index in [-0.39, 0.29) is 11.8 Å². The summed E-state index contributed by atoms with van der Waals surface area (Å²) < 4.78 is 5.21. The number of rotatable bonds is 7. The van der Waals surface area contributed by atoms with Gasteiger partial charge < -0.3 is 10.1 Å². The van der Waals surface area contributed by atoms with Crippen LogP contribution in [0.3, 0.4) is 0 Å². The summed E-state index contributed by atoms with van der Waals surface area (Å²) in [6.07, 6.45) is 7.76. The van der Waals surface area contributed by atoms with Crippen molar-refractivity contribution in [2.24, 2.45) is 5.92 Å². The Morgan fingerprint density at radius 2 is 2.10 bits per heavy atom. The Kier molecular flexibility index (Phi) is 5.90. The van der Waals surface area contributed by atoms with Gasteiger partial charge in [-0.05, 0) is 49.8 Å². The van der Waals surface area contributed by atoms with Crippen LogP contribution in [0.2, 0.25) is 0 Å². The molecular formula is C17H25NO2. The Morgan fingerprint density at radius 3 is 2.85 bits per heavy atom. The molecule has 1 amide bonds. The minimum absolute atomic E-state index is 0.267. The molecule has 0 bridgehead atoms. The Hall–Kier alpha value is -1.51. The van der Waals surface area contributed by atoms with Crippen LogP contribution in [0.25, 0.3) is 0 Å². The van der Waals surface area contributed by atoms with E-state index in [4.69, 9.17) is 4.74 Å². The van der Waals surface area contributed by atoms with Crippen LogP contribution in [-0.2, 0) is 11.2 Å². The van der Waals surface area contributed by atoms with Gasteiger partial charge in [0, 0.05) is 12.5 Å². The topological polar surface area (TPSA) is 38.3 Å². The molecule has 1 fully saturated rings. The zero-order valence-electron chi connectivity index (χ0n) is 12.4. The maximum Gasteiger partial charge on any atom is 0.223 e. The number of carbonyl (C=O) groups is 1. The Morgan fingerprint density at radius 1 is 1.30 bits per heavy atom. The van der Waals surface area contributed by atoms with Crippen LogP contribution >= 0.6 is 0 Å². The number of benzene rings is 1. The van der Waals surface area contributed by atoms with Crippen LogP contribution < -0.4 is 10.1 Å². The first-order chi connectivity index (χ1) is 9.79. The van der Waals surface area contributed by atoms with Crippen molar-refractivity contribution in [3.05, 3.63) is 29.8 Å². The lowest BCUT2D eigenvalue weighted by Crippen LogP contribution is -2.30. The molecule has 110 valence electrons. The van der Waals surface area contributed by atoms with Crippen LogP contribution in [0.4, 0.5) is 0 Å². The zero-order valence-corrected chi connectivity index (χ0v) is 12.4. The van der Waals surface area contributed by atoms with Crippen LogP contribution in [-0.4, -0.2) is 19.6 Å². The fourth-order valence-electron chi connectivity index (χ4n) is 2.83. The molecule has 20 heavy (non-hydrogen) atoms. The van der Waals surface area contributed by atoms with Crippen molar-refractivity contribution in [3.63, 3.8) is 0 Å². The summed E-state index contributed by atoms with van der Waals surface area (Å²) in [4.78, 5) is 11.8. The van der Waals surface area contributed by atoms with E-state index in [1.165, 1.54) is 18.4 Å². The first-order valence-corrected chi connectivity index (χ1v) is 7.70. The second kappa shape index (κ2) is 7.93. The van der Waals surface area contributed by atoms with E-state index in [0.29, 0.717) is 0 Å². The number of unbranched alkanes of at least 4 members (excludes halogenated alkanes) is 1. The highest BCUT2D eigenvalue weighted by Gasteiger charge is 2.21. The molecule has 1 aliphatic carbocycles. The lowest BCUT2D eigenvalue weighted by atomic mass is 10.1. The Bertz CT molecular complexity index is 425. The number of hydrogen-bond donors (Lipinski definition) is 1. The summed E-state index contributed by atoms with van der Waals surface area (Å²) >= 11 is 0. The van der Waals surface area contributed by atoms with E-state index in [1.54, 1.807) is 7.11 Å². The summed E-state index contributed by atoms with van der Waals surface area (Å²) in [5.41, 5.74) is 1.30. The number of amides is 1. The van der Waals surface area contributed by atoms with Gasteiger partial charge in [0.1, 0.15) is 5.75 Å². The first kappa shape index (κ1) is 14.9. The average molecular weight is 275 g/mol. The van der Waals surface area contributed by atoms with E-state index < -0.39 is 0 Å². The van der Waals surface area contributed by atoms with Gasteiger partial charge in [0.25, 0.3) is 0 Å². The normalized spacial score (nSPS) is 15.2. The van der Waals surface area contributed by atoms with Crippen molar-refractivity contribution in [1.29, 1.82) is 0 Å². The van der Waals surface area contributed by atoms with Gasteiger partial charge >= 0.3 is 0 Å². The highest BCUT2D eigenvalue weighted by molar-refractivity contribution is 5.78. The standard InChI is InChI=1S/C17H25NO2/c1-20-16-11-6-8-14(13-16)7-4-5-12-18-17(19)15-9-2-3-10-15/h6,8,11,13,15H,2-5,7,9-10,12H2,1H3,(H,18,19). The van der Waals surface area contributed by atoms with Gasteiger partial charge in [-0.25, -0.2) is 0 Å². The summed E-state index contributed by atoms with van der Waals surface area (Å²) in [7, 11) is 1.69. The minimum atomic E-state index is 0.267. The highest BCUT2D eigenvalue weighted by Crippen LogP contribution is 2.24. The summed E-state index contributed by atoms with van der Waals surface area (Å²) in [5.74, 6) is 1.47. The molecule has 0 atom stereocenters. The molecule has 3 nitrogen and oxygen atoms in total. The second-order valence-electron chi connectivity index (χ2n) is 5.58. The van der Waals surface area contributed by atoms with Crippen molar-refractivity contribution < 1.29 is 9.53 Å². The molecule has 0 saturated heterocycles. The molecule has 0 aliphatic heterocycles. The molecule has 1 saturated carbocycles. The largest absolute Gasteiger partial charge is 0.497 e. The molecule has 0 spiro atoms. The molecule has 3 heteroatoms. The van der Waals surface area contributed by atoms with Crippen LogP contribution in [0.15, 0.2) is 24.3 Å². The number of nitrogens with one attached hydrogen (secondary N) is 1. The van der Waals surface area contributed by atoms with Gasteiger partial charge in [0.2, 0.25) is 5.91 Å². The lowest BCUT2D eigenvalue weighted by molar-refractivity contribution is -0.124. The van der Waals surface area contributed by atoms with E-state index in [9.17, 15) is 4.79 Å². The highest BCUT2D eigenvalue weighted by atomic mass is 16.5. The van der Waals surface area contributed by atoms with Crippen LogP contribution in [0, 0.1) is 5.92 Å². The van der Waals surface area contributed by atoms with Gasteiger partial charge in [-0.15, -0.1) is 0 Å². The number of aryl methyl sites for hydroxylation is 1. The Labute approximate surface area is 121 Å². The van der Waals surface area contributed by atoms with Crippen molar-refractivity contribution in [2.45, 2.75) is 44.9 Å². The SMILES string of the molecule is COc1cccc(CCCCNC(=O)C2CCCC2)c1. The first-order valence-electron chi connectivity index (χ1n) is 7.70. The van der Waals surface area contributed by atoms with E-state index in [1.807, 2.05) is 12.1 Å². The molecule has 1 N–H and O–H groups in total.